The van der Waals surface area contributed by atoms with Crippen molar-refractivity contribution < 1.29 is 22.4 Å². The summed E-state index contributed by atoms with van der Waals surface area (Å²) in [6.45, 7) is 4.26. The topological polar surface area (TPSA) is 115 Å². The van der Waals surface area contributed by atoms with E-state index in [4.69, 9.17) is 9.15 Å². The number of thiophene rings is 1. The molecule has 9 nitrogen and oxygen atoms in total. The summed E-state index contributed by atoms with van der Waals surface area (Å²) in [6, 6.07) is 9.39. The molecule has 2 aromatic heterocycles. The highest BCUT2D eigenvalue weighted by Gasteiger charge is 2.32. The highest BCUT2D eigenvalue weighted by Crippen LogP contribution is 2.25. The molecule has 158 valence electrons. The second-order valence-corrected chi connectivity index (χ2v) is 9.83. The fraction of sp³-hybridized carbons (Fsp3) is 0.316. The zero-order chi connectivity index (χ0) is 21.3. The van der Waals surface area contributed by atoms with E-state index in [-0.39, 0.29) is 28.7 Å². The van der Waals surface area contributed by atoms with Gasteiger partial charge in [0.15, 0.2) is 0 Å². The van der Waals surface area contributed by atoms with Crippen molar-refractivity contribution in [2.45, 2.75) is 31.0 Å². The highest BCUT2D eigenvalue weighted by molar-refractivity contribution is 7.89. The van der Waals surface area contributed by atoms with Crippen LogP contribution in [0.4, 0.5) is 6.01 Å². The van der Waals surface area contributed by atoms with Crippen LogP contribution in [0.5, 0.6) is 0 Å². The van der Waals surface area contributed by atoms with E-state index in [2.05, 4.69) is 15.5 Å². The van der Waals surface area contributed by atoms with Crippen LogP contribution in [0.1, 0.15) is 24.2 Å². The third-order valence-electron chi connectivity index (χ3n) is 4.52. The minimum absolute atomic E-state index is 0.0311. The number of amides is 1. The van der Waals surface area contributed by atoms with E-state index in [0.717, 1.165) is 4.88 Å². The van der Waals surface area contributed by atoms with Crippen LogP contribution in [0.2, 0.25) is 0 Å². The van der Waals surface area contributed by atoms with Crippen LogP contribution in [0.3, 0.4) is 0 Å². The van der Waals surface area contributed by atoms with Gasteiger partial charge in [-0.1, -0.05) is 11.2 Å². The Kier molecular flexibility index (Phi) is 5.69. The normalized spacial score (nSPS) is 20.2. The molecule has 0 aliphatic carbocycles. The Morgan fingerprint density at radius 2 is 1.83 bits per heavy atom. The van der Waals surface area contributed by atoms with E-state index < -0.39 is 15.9 Å². The number of rotatable bonds is 5. The number of hydrogen-bond acceptors (Lipinski definition) is 8. The Balaban J connectivity index is 1.46. The quantitative estimate of drug-likeness (QED) is 0.638. The molecule has 3 aromatic rings. The lowest BCUT2D eigenvalue weighted by atomic mass is 10.2. The Bertz CT molecular complexity index is 1120. The Hall–Kier alpha value is -2.60. The van der Waals surface area contributed by atoms with E-state index in [1.165, 1.54) is 39.9 Å². The number of hydrogen-bond donors (Lipinski definition) is 1. The number of ether oxygens (including phenoxy) is 1. The SMILES string of the molecule is CC1CN(S(=O)(=O)c2ccc(C(=O)Nc3nnc(-c4cccs4)o3)cc2)CC(C)O1. The number of nitrogens with zero attached hydrogens (tertiary/aromatic N) is 3. The fourth-order valence-electron chi connectivity index (χ4n) is 3.20. The standard InChI is InChI=1S/C19H20N4O5S2/c1-12-10-23(11-13(2)27-12)30(25,26)15-7-5-14(6-8-15)17(24)20-19-22-21-18(28-19)16-4-3-9-29-16/h3-9,12-13H,10-11H2,1-2H3,(H,20,22,24). The third kappa shape index (κ3) is 4.29. The lowest BCUT2D eigenvalue weighted by molar-refractivity contribution is -0.0440. The van der Waals surface area contributed by atoms with Crippen LogP contribution in [0.25, 0.3) is 10.8 Å². The van der Waals surface area contributed by atoms with Gasteiger partial charge in [-0.15, -0.1) is 16.4 Å². The largest absolute Gasteiger partial charge is 0.402 e. The molecule has 1 saturated heterocycles. The summed E-state index contributed by atoms with van der Waals surface area (Å²) >= 11 is 1.44. The molecule has 1 N–H and O–H groups in total. The van der Waals surface area contributed by atoms with Crippen LogP contribution in [-0.4, -0.2) is 54.1 Å². The number of aromatic nitrogens is 2. The van der Waals surface area contributed by atoms with Crippen LogP contribution >= 0.6 is 11.3 Å². The van der Waals surface area contributed by atoms with E-state index in [0.29, 0.717) is 19.0 Å². The highest BCUT2D eigenvalue weighted by atomic mass is 32.2. The van der Waals surface area contributed by atoms with Gasteiger partial charge >= 0.3 is 6.01 Å². The van der Waals surface area contributed by atoms with Crippen LogP contribution in [0.15, 0.2) is 51.1 Å². The van der Waals surface area contributed by atoms with Crippen LogP contribution < -0.4 is 5.32 Å². The predicted octanol–water partition coefficient (Wildman–Crippen LogP) is 2.85. The number of anilines is 1. The maximum absolute atomic E-state index is 12.9. The second-order valence-electron chi connectivity index (χ2n) is 6.95. The molecule has 3 heterocycles. The first-order valence-corrected chi connectivity index (χ1v) is 11.6. The molecular weight excluding hydrogens is 428 g/mol. The van der Waals surface area contributed by atoms with Crippen LogP contribution in [-0.2, 0) is 14.8 Å². The first kappa shape index (κ1) is 20.7. The second kappa shape index (κ2) is 8.26. The van der Waals surface area contributed by atoms with Gasteiger partial charge in [0.1, 0.15) is 0 Å². The molecule has 2 atom stereocenters. The summed E-state index contributed by atoms with van der Waals surface area (Å²) in [5.41, 5.74) is 0.272. The minimum Gasteiger partial charge on any atom is -0.402 e. The summed E-state index contributed by atoms with van der Waals surface area (Å²) < 4.78 is 38.3. The first-order valence-electron chi connectivity index (χ1n) is 9.27. The molecule has 30 heavy (non-hydrogen) atoms. The lowest BCUT2D eigenvalue weighted by Gasteiger charge is -2.34. The van der Waals surface area contributed by atoms with Gasteiger partial charge in [-0.25, -0.2) is 8.42 Å². The number of nitrogens with one attached hydrogen (secondary N) is 1. The summed E-state index contributed by atoms with van der Waals surface area (Å²) in [4.78, 5) is 13.4. The monoisotopic (exact) mass is 448 g/mol. The molecule has 1 aromatic carbocycles. The fourth-order valence-corrected chi connectivity index (χ4v) is 5.43. The molecule has 0 spiro atoms. The average molecular weight is 449 g/mol. The summed E-state index contributed by atoms with van der Waals surface area (Å²) in [5, 5.41) is 12.1. The van der Waals surface area contributed by atoms with E-state index >= 15 is 0 Å². The third-order valence-corrected chi connectivity index (χ3v) is 7.22. The van der Waals surface area contributed by atoms with Crippen molar-refractivity contribution in [3.8, 4) is 10.8 Å². The van der Waals surface area contributed by atoms with Gasteiger partial charge in [0.05, 0.1) is 22.0 Å². The molecule has 1 aliphatic heterocycles. The van der Waals surface area contributed by atoms with Gasteiger partial charge in [0.2, 0.25) is 10.0 Å². The van der Waals surface area contributed by atoms with Gasteiger partial charge in [-0.3, -0.25) is 10.1 Å². The molecule has 11 heteroatoms. The maximum atomic E-state index is 12.9. The number of carbonyl (C=O) groups is 1. The van der Waals surface area contributed by atoms with Crippen molar-refractivity contribution in [3.05, 3.63) is 47.3 Å². The maximum Gasteiger partial charge on any atom is 0.322 e. The molecular formula is C19H20N4O5S2. The van der Waals surface area contributed by atoms with E-state index in [9.17, 15) is 13.2 Å². The number of sulfonamides is 1. The summed E-state index contributed by atoms with van der Waals surface area (Å²) in [5.74, 6) is -0.162. The van der Waals surface area contributed by atoms with E-state index in [1.54, 1.807) is 0 Å². The molecule has 2 unspecified atom stereocenters. The van der Waals surface area contributed by atoms with Crippen molar-refractivity contribution in [2.24, 2.45) is 0 Å². The Labute approximate surface area is 177 Å². The zero-order valence-electron chi connectivity index (χ0n) is 16.3. The Morgan fingerprint density at radius 3 is 2.47 bits per heavy atom. The van der Waals surface area contributed by atoms with Crippen molar-refractivity contribution in [1.82, 2.24) is 14.5 Å². The predicted molar refractivity (Wildman–Crippen MR) is 111 cm³/mol. The zero-order valence-corrected chi connectivity index (χ0v) is 17.9. The average Bonchev–Trinajstić information content (AvgIpc) is 3.39. The van der Waals surface area contributed by atoms with Crippen molar-refractivity contribution >= 4 is 33.3 Å². The molecule has 0 bridgehead atoms. The number of morpholine rings is 1. The van der Waals surface area contributed by atoms with Crippen molar-refractivity contribution in [1.29, 1.82) is 0 Å². The van der Waals surface area contributed by atoms with Gasteiger partial charge in [0.25, 0.3) is 11.8 Å². The minimum atomic E-state index is -3.67. The van der Waals surface area contributed by atoms with Gasteiger partial charge in [0, 0.05) is 18.7 Å². The molecule has 1 amide bonds. The van der Waals surface area contributed by atoms with E-state index in [1.807, 2.05) is 31.4 Å². The van der Waals surface area contributed by atoms with Gasteiger partial charge in [-0.05, 0) is 49.6 Å². The Morgan fingerprint density at radius 1 is 1.13 bits per heavy atom. The summed E-state index contributed by atoms with van der Waals surface area (Å²) in [7, 11) is -3.67. The number of benzene rings is 1. The van der Waals surface area contributed by atoms with Crippen molar-refractivity contribution in [2.75, 3.05) is 18.4 Å². The van der Waals surface area contributed by atoms with Crippen LogP contribution in [0, 0.1) is 0 Å². The van der Waals surface area contributed by atoms with Gasteiger partial charge < -0.3 is 9.15 Å². The molecule has 0 radical (unpaired) electrons. The molecule has 1 fully saturated rings. The number of carbonyl (C=O) groups excluding carboxylic acids is 1. The van der Waals surface area contributed by atoms with Crippen molar-refractivity contribution in [3.63, 3.8) is 0 Å². The summed E-state index contributed by atoms with van der Waals surface area (Å²) in [6.07, 6.45) is -0.357. The van der Waals surface area contributed by atoms with Gasteiger partial charge in [-0.2, -0.15) is 4.31 Å². The molecule has 4 rings (SSSR count). The molecule has 0 saturated carbocycles. The molecule has 1 aliphatic rings. The smallest absolute Gasteiger partial charge is 0.322 e. The lowest BCUT2D eigenvalue weighted by Crippen LogP contribution is -2.48. The first-order chi connectivity index (χ1) is 14.3.